The summed E-state index contributed by atoms with van der Waals surface area (Å²) < 4.78 is 0. The Bertz CT molecular complexity index is 229. The minimum Gasteiger partial charge on any atom is -0.355 e. The molecule has 0 aliphatic carbocycles. The van der Waals surface area contributed by atoms with Gasteiger partial charge < -0.3 is 10.6 Å². The number of nitrogens with one attached hydrogen (secondary N) is 2. The van der Waals surface area contributed by atoms with Gasteiger partial charge in [0.1, 0.15) is 0 Å². The number of amides is 1. The SMILES string of the molecule is CCCCCCC(C)NC(C)C(=O)NCCC(C)C. The third-order valence-corrected chi connectivity index (χ3v) is 3.44. The van der Waals surface area contributed by atoms with Crippen LogP contribution < -0.4 is 10.6 Å². The Morgan fingerprint density at radius 3 is 2.26 bits per heavy atom. The van der Waals surface area contributed by atoms with Gasteiger partial charge in [-0.1, -0.05) is 46.5 Å². The van der Waals surface area contributed by atoms with Crippen LogP contribution in [0.5, 0.6) is 0 Å². The second kappa shape index (κ2) is 11.3. The molecule has 19 heavy (non-hydrogen) atoms. The Kier molecular flexibility index (Phi) is 10.9. The molecule has 0 saturated heterocycles. The van der Waals surface area contributed by atoms with Crippen LogP contribution in [0.1, 0.15) is 73.1 Å². The average Bonchev–Trinajstić information content (AvgIpc) is 2.34. The summed E-state index contributed by atoms with van der Waals surface area (Å²) in [6.45, 7) is 11.5. The maximum atomic E-state index is 11.9. The summed E-state index contributed by atoms with van der Waals surface area (Å²) in [7, 11) is 0. The zero-order valence-corrected chi connectivity index (χ0v) is 13.6. The van der Waals surface area contributed by atoms with Crippen LogP contribution in [0.4, 0.5) is 0 Å². The van der Waals surface area contributed by atoms with E-state index >= 15 is 0 Å². The molecule has 0 fully saturated rings. The monoisotopic (exact) mass is 270 g/mol. The van der Waals surface area contributed by atoms with Gasteiger partial charge in [-0.2, -0.15) is 0 Å². The molecule has 0 radical (unpaired) electrons. The molecule has 2 atom stereocenters. The molecular formula is C16H34N2O. The van der Waals surface area contributed by atoms with Crippen LogP contribution in [0, 0.1) is 5.92 Å². The Balaban J connectivity index is 3.69. The van der Waals surface area contributed by atoms with Crippen LogP contribution in [-0.4, -0.2) is 24.5 Å². The van der Waals surface area contributed by atoms with Crippen molar-refractivity contribution in [2.75, 3.05) is 6.54 Å². The molecule has 0 aliphatic rings. The van der Waals surface area contributed by atoms with E-state index in [9.17, 15) is 4.79 Å². The van der Waals surface area contributed by atoms with Gasteiger partial charge in [-0.15, -0.1) is 0 Å². The standard InChI is InChI=1S/C16H34N2O/c1-6-7-8-9-10-14(4)18-15(5)16(19)17-12-11-13(2)3/h13-15,18H,6-12H2,1-5H3,(H,17,19). The highest BCUT2D eigenvalue weighted by Crippen LogP contribution is 2.06. The van der Waals surface area contributed by atoms with E-state index in [2.05, 4.69) is 38.3 Å². The number of unbranched alkanes of at least 4 members (excludes halogenated alkanes) is 3. The molecule has 0 bridgehead atoms. The fourth-order valence-corrected chi connectivity index (χ4v) is 2.10. The van der Waals surface area contributed by atoms with Crippen molar-refractivity contribution in [2.24, 2.45) is 5.92 Å². The smallest absolute Gasteiger partial charge is 0.236 e. The first-order chi connectivity index (χ1) is 8.97. The van der Waals surface area contributed by atoms with E-state index in [1.807, 2.05) is 6.92 Å². The topological polar surface area (TPSA) is 41.1 Å². The van der Waals surface area contributed by atoms with Gasteiger partial charge in [-0.3, -0.25) is 4.79 Å². The van der Waals surface area contributed by atoms with Gasteiger partial charge in [0.05, 0.1) is 6.04 Å². The molecule has 2 N–H and O–H groups in total. The summed E-state index contributed by atoms with van der Waals surface area (Å²) in [6.07, 6.45) is 7.35. The van der Waals surface area contributed by atoms with Crippen molar-refractivity contribution in [3.05, 3.63) is 0 Å². The molecule has 3 nitrogen and oxygen atoms in total. The molecular weight excluding hydrogens is 236 g/mol. The normalized spacial score (nSPS) is 14.4. The largest absolute Gasteiger partial charge is 0.355 e. The summed E-state index contributed by atoms with van der Waals surface area (Å²) in [5, 5.41) is 6.38. The van der Waals surface area contributed by atoms with Gasteiger partial charge >= 0.3 is 0 Å². The molecule has 1 amide bonds. The Morgan fingerprint density at radius 2 is 1.68 bits per heavy atom. The Labute approximate surface area is 119 Å². The van der Waals surface area contributed by atoms with Crippen molar-refractivity contribution in [1.29, 1.82) is 0 Å². The molecule has 3 heteroatoms. The number of rotatable bonds is 11. The quantitative estimate of drug-likeness (QED) is 0.564. The van der Waals surface area contributed by atoms with Gasteiger partial charge in [0.2, 0.25) is 5.91 Å². The first-order valence-electron chi connectivity index (χ1n) is 8.01. The van der Waals surface area contributed by atoms with Crippen LogP contribution in [-0.2, 0) is 4.79 Å². The minimum absolute atomic E-state index is 0.0895. The highest BCUT2D eigenvalue weighted by molar-refractivity contribution is 5.81. The van der Waals surface area contributed by atoms with Gasteiger partial charge in [-0.25, -0.2) is 0 Å². The van der Waals surface area contributed by atoms with Crippen LogP contribution >= 0.6 is 0 Å². The molecule has 0 aromatic carbocycles. The van der Waals surface area contributed by atoms with E-state index in [-0.39, 0.29) is 11.9 Å². The second-order valence-corrected chi connectivity index (χ2v) is 6.11. The van der Waals surface area contributed by atoms with Gasteiger partial charge in [0.15, 0.2) is 0 Å². The van der Waals surface area contributed by atoms with Gasteiger partial charge in [-0.05, 0) is 32.6 Å². The zero-order chi connectivity index (χ0) is 14.7. The van der Waals surface area contributed by atoms with Crippen LogP contribution in [0.25, 0.3) is 0 Å². The van der Waals surface area contributed by atoms with Crippen LogP contribution in [0.3, 0.4) is 0 Å². The minimum atomic E-state index is -0.0895. The van der Waals surface area contributed by atoms with E-state index in [0.717, 1.165) is 19.4 Å². The summed E-state index contributed by atoms with van der Waals surface area (Å²) in [5.74, 6) is 0.766. The first-order valence-corrected chi connectivity index (χ1v) is 8.01. The first kappa shape index (κ1) is 18.4. The summed E-state index contributed by atoms with van der Waals surface area (Å²) in [6, 6.07) is 0.330. The van der Waals surface area contributed by atoms with Crippen molar-refractivity contribution in [1.82, 2.24) is 10.6 Å². The second-order valence-electron chi connectivity index (χ2n) is 6.11. The van der Waals surface area contributed by atoms with E-state index in [1.165, 1.54) is 25.7 Å². The number of carbonyl (C=O) groups excluding carboxylic acids is 1. The van der Waals surface area contributed by atoms with Crippen LogP contribution in [0.15, 0.2) is 0 Å². The molecule has 0 aromatic heterocycles. The maximum Gasteiger partial charge on any atom is 0.236 e. The molecule has 0 spiro atoms. The number of hydrogen-bond donors (Lipinski definition) is 2. The lowest BCUT2D eigenvalue weighted by atomic mass is 10.1. The van der Waals surface area contributed by atoms with Crippen molar-refractivity contribution in [2.45, 2.75) is 85.2 Å². The molecule has 0 aliphatic heterocycles. The Hall–Kier alpha value is -0.570. The molecule has 2 unspecified atom stereocenters. The van der Waals surface area contributed by atoms with Crippen molar-refractivity contribution in [3.8, 4) is 0 Å². The average molecular weight is 270 g/mol. The number of hydrogen-bond acceptors (Lipinski definition) is 2. The molecule has 0 aromatic rings. The van der Waals surface area contributed by atoms with Crippen molar-refractivity contribution in [3.63, 3.8) is 0 Å². The third kappa shape index (κ3) is 11.0. The Morgan fingerprint density at radius 1 is 1.00 bits per heavy atom. The maximum absolute atomic E-state index is 11.9. The van der Waals surface area contributed by atoms with E-state index in [1.54, 1.807) is 0 Å². The van der Waals surface area contributed by atoms with E-state index in [4.69, 9.17) is 0 Å². The summed E-state index contributed by atoms with van der Waals surface area (Å²) in [4.78, 5) is 11.9. The lowest BCUT2D eigenvalue weighted by Gasteiger charge is -2.20. The van der Waals surface area contributed by atoms with Crippen LogP contribution in [0.2, 0.25) is 0 Å². The number of carbonyl (C=O) groups is 1. The van der Waals surface area contributed by atoms with E-state index < -0.39 is 0 Å². The molecule has 114 valence electrons. The third-order valence-electron chi connectivity index (χ3n) is 3.44. The fraction of sp³-hybridized carbons (Fsp3) is 0.938. The predicted octanol–water partition coefficient (Wildman–Crippen LogP) is 3.49. The zero-order valence-electron chi connectivity index (χ0n) is 13.6. The van der Waals surface area contributed by atoms with E-state index in [0.29, 0.717) is 12.0 Å². The fourth-order valence-electron chi connectivity index (χ4n) is 2.10. The highest BCUT2D eigenvalue weighted by atomic mass is 16.2. The lowest BCUT2D eigenvalue weighted by Crippen LogP contribution is -2.46. The lowest BCUT2D eigenvalue weighted by molar-refractivity contribution is -0.122. The predicted molar refractivity (Wildman–Crippen MR) is 83.3 cm³/mol. The molecule has 0 rings (SSSR count). The summed E-state index contributed by atoms with van der Waals surface area (Å²) in [5.41, 5.74) is 0. The van der Waals surface area contributed by atoms with Crippen molar-refractivity contribution >= 4 is 5.91 Å². The summed E-state index contributed by atoms with van der Waals surface area (Å²) >= 11 is 0. The van der Waals surface area contributed by atoms with Gasteiger partial charge in [0.25, 0.3) is 0 Å². The van der Waals surface area contributed by atoms with Gasteiger partial charge in [0, 0.05) is 12.6 Å². The molecule has 0 heterocycles. The van der Waals surface area contributed by atoms with Crippen molar-refractivity contribution < 1.29 is 4.79 Å². The highest BCUT2D eigenvalue weighted by Gasteiger charge is 2.14. The molecule has 0 saturated carbocycles.